The Kier molecular flexibility index (Phi) is 4.06. The molecule has 21 heavy (non-hydrogen) atoms. The predicted octanol–water partition coefficient (Wildman–Crippen LogP) is 1.64. The van der Waals surface area contributed by atoms with Crippen molar-refractivity contribution in [1.82, 2.24) is 19.8 Å². The summed E-state index contributed by atoms with van der Waals surface area (Å²) in [5, 5.41) is 2.87. The summed E-state index contributed by atoms with van der Waals surface area (Å²) in [6, 6.07) is 8.37. The average molecular weight is 288 g/mol. The van der Waals surface area contributed by atoms with Gasteiger partial charge in [-0.2, -0.15) is 0 Å². The van der Waals surface area contributed by atoms with Crippen molar-refractivity contribution in [1.29, 1.82) is 0 Å². The smallest absolute Gasteiger partial charge is 0.317 e. The van der Waals surface area contributed by atoms with Crippen molar-refractivity contribution in [3.05, 3.63) is 30.6 Å². The number of aromatic nitrogens is 2. The van der Waals surface area contributed by atoms with Crippen LogP contribution < -0.4 is 5.32 Å². The molecular formula is C15H20N4O2. The second kappa shape index (κ2) is 6.13. The zero-order valence-corrected chi connectivity index (χ0v) is 12.2. The zero-order chi connectivity index (χ0) is 14.7. The van der Waals surface area contributed by atoms with Crippen LogP contribution in [0.4, 0.5) is 4.79 Å². The summed E-state index contributed by atoms with van der Waals surface area (Å²) in [5.74, 6) is 0. The van der Waals surface area contributed by atoms with E-state index in [0.717, 1.165) is 30.5 Å². The monoisotopic (exact) mass is 288 g/mol. The van der Waals surface area contributed by atoms with Crippen LogP contribution in [0.3, 0.4) is 0 Å². The third-order valence-electron chi connectivity index (χ3n) is 3.91. The van der Waals surface area contributed by atoms with Crippen molar-refractivity contribution in [3.63, 3.8) is 0 Å². The number of para-hydroxylation sites is 2. The van der Waals surface area contributed by atoms with Gasteiger partial charge in [-0.1, -0.05) is 12.1 Å². The Morgan fingerprint density at radius 2 is 2.33 bits per heavy atom. The van der Waals surface area contributed by atoms with E-state index in [4.69, 9.17) is 4.74 Å². The summed E-state index contributed by atoms with van der Waals surface area (Å²) in [4.78, 5) is 18.3. The largest absolute Gasteiger partial charge is 0.383 e. The summed E-state index contributed by atoms with van der Waals surface area (Å²) in [5.41, 5.74) is 2.13. The lowest BCUT2D eigenvalue weighted by Gasteiger charge is -2.18. The number of fused-ring (bicyclic) bond motifs is 1. The van der Waals surface area contributed by atoms with Gasteiger partial charge in [0.05, 0.1) is 30.0 Å². The van der Waals surface area contributed by atoms with Gasteiger partial charge in [0.1, 0.15) is 0 Å². The zero-order valence-electron chi connectivity index (χ0n) is 12.2. The number of rotatable bonds is 4. The van der Waals surface area contributed by atoms with Gasteiger partial charge in [-0.25, -0.2) is 9.78 Å². The van der Waals surface area contributed by atoms with Gasteiger partial charge in [-0.05, 0) is 18.6 Å². The number of nitrogens with zero attached hydrogens (tertiary/aromatic N) is 3. The number of urea groups is 1. The first-order valence-electron chi connectivity index (χ1n) is 7.23. The molecule has 6 heteroatoms. The van der Waals surface area contributed by atoms with Gasteiger partial charge < -0.3 is 19.5 Å². The molecule has 2 amide bonds. The van der Waals surface area contributed by atoms with E-state index in [-0.39, 0.29) is 6.03 Å². The first-order chi connectivity index (χ1) is 10.3. The number of likely N-dealkylation sites (tertiary alicyclic amines) is 1. The third kappa shape index (κ3) is 2.85. The molecule has 2 aromatic rings. The van der Waals surface area contributed by atoms with Crippen molar-refractivity contribution in [2.24, 2.45) is 0 Å². The Bertz CT molecular complexity index is 625. The quantitative estimate of drug-likeness (QED) is 0.870. The number of amides is 2. The van der Waals surface area contributed by atoms with Crippen LogP contribution in [0.2, 0.25) is 0 Å². The lowest BCUT2D eigenvalue weighted by atomic mass is 10.2. The molecule has 112 valence electrons. The van der Waals surface area contributed by atoms with Crippen LogP contribution >= 0.6 is 0 Å². The number of carbonyl (C=O) groups is 1. The van der Waals surface area contributed by atoms with Crippen molar-refractivity contribution in [2.75, 3.05) is 33.4 Å². The number of imidazole rings is 1. The van der Waals surface area contributed by atoms with Crippen molar-refractivity contribution >= 4 is 17.1 Å². The molecule has 1 aromatic carbocycles. The Morgan fingerprint density at radius 3 is 3.19 bits per heavy atom. The molecule has 1 aliphatic heterocycles. The second-order valence-corrected chi connectivity index (χ2v) is 5.25. The van der Waals surface area contributed by atoms with Gasteiger partial charge in [0.25, 0.3) is 0 Å². The maximum Gasteiger partial charge on any atom is 0.317 e. The van der Waals surface area contributed by atoms with E-state index >= 15 is 0 Å². The van der Waals surface area contributed by atoms with Gasteiger partial charge in [-0.15, -0.1) is 0 Å². The molecule has 0 unspecified atom stereocenters. The van der Waals surface area contributed by atoms with Crippen LogP contribution in [0, 0.1) is 0 Å². The maximum absolute atomic E-state index is 12.0. The van der Waals surface area contributed by atoms with Crippen molar-refractivity contribution in [2.45, 2.75) is 12.5 Å². The highest BCUT2D eigenvalue weighted by atomic mass is 16.5. The van der Waals surface area contributed by atoms with E-state index in [9.17, 15) is 4.79 Å². The molecule has 1 N–H and O–H groups in total. The third-order valence-corrected chi connectivity index (χ3v) is 3.91. The number of carbonyl (C=O) groups excluding carboxylic acids is 1. The Balaban J connectivity index is 1.65. The van der Waals surface area contributed by atoms with Crippen LogP contribution in [0.15, 0.2) is 30.6 Å². The highest BCUT2D eigenvalue weighted by Gasteiger charge is 2.27. The van der Waals surface area contributed by atoms with Gasteiger partial charge >= 0.3 is 6.03 Å². The molecule has 0 spiro atoms. The molecule has 1 atom stereocenters. The molecule has 2 heterocycles. The standard InChI is InChI=1S/C15H20N4O2/c1-21-9-7-16-15(20)18-8-6-12(10-18)19-11-17-13-4-2-3-5-14(13)19/h2-5,11-12H,6-10H2,1H3,(H,16,20)/t12-/m1/s1. The molecule has 3 rings (SSSR count). The number of methoxy groups -OCH3 is 1. The highest BCUT2D eigenvalue weighted by molar-refractivity contribution is 5.76. The molecule has 1 fully saturated rings. The van der Waals surface area contributed by atoms with Gasteiger partial charge in [0, 0.05) is 26.7 Å². The van der Waals surface area contributed by atoms with E-state index < -0.39 is 0 Å². The van der Waals surface area contributed by atoms with Crippen LogP contribution in [0.1, 0.15) is 12.5 Å². The number of benzene rings is 1. The minimum atomic E-state index is -0.0148. The molecule has 1 saturated heterocycles. The SMILES string of the molecule is COCCNC(=O)N1CC[C@@H](n2cnc3ccccc32)C1. The normalized spacial score (nSPS) is 18.3. The fraction of sp³-hybridized carbons (Fsp3) is 0.467. The van der Waals surface area contributed by atoms with E-state index in [1.807, 2.05) is 29.4 Å². The summed E-state index contributed by atoms with van der Waals surface area (Å²) in [7, 11) is 1.63. The first-order valence-corrected chi connectivity index (χ1v) is 7.23. The number of hydrogen-bond acceptors (Lipinski definition) is 3. The van der Waals surface area contributed by atoms with Crippen LogP contribution in [0.5, 0.6) is 0 Å². The fourth-order valence-corrected chi connectivity index (χ4v) is 2.79. The molecule has 0 radical (unpaired) electrons. The lowest BCUT2D eigenvalue weighted by Crippen LogP contribution is -2.39. The van der Waals surface area contributed by atoms with E-state index in [1.54, 1.807) is 7.11 Å². The predicted molar refractivity (Wildman–Crippen MR) is 80.2 cm³/mol. The minimum Gasteiger partial charge on any atom is -0.383 e. The van der Waals surface area contributed by atoms with E-state index in [1.165, 1.54) is 0 Å². The molecule has 0 aliphatic carbocycles. The molecule has 1 aliphatic rings. The van der Waals surface area contributed by atoms with Gasteiger partial charge in [0.15, 0.2) is 0 Å². The first kappa shape index (κ1) is 13.9. The van der Waals surface area contributed by atoms with Crippen LogP contribution in [-0.2, 0) is 4.74 Å². The van der Waals surface area contributed by atoms with Gasteiger partial charge in [-0.3, -0.25) is 0 Å². The molecule has 1 aromatic heterocycles. The summed E-state index contributed by atoms with van der Waals surface area (Å²) >= 11 is 0. The molecule has 6 nitrogen and oxygen atoms in total. The number of ether oxygens (including phenoxy) is 1. The highest BCUT2D eigenvalue weighted by Crippen LogP contribution is 2.25. The van der Waals surface area contributed by atoms with Crippen LogP contribution in [-0.4, -0.2) is 53.8 Å². The number of nitrogens with one attached hydrogen (secondary N) is 1. The second-order valence-electron chi connectivity index (χ2n) is 5.25. The van der Waals surface area contributed by atoms with E-state index in [0.29, 0.717) is 19.2 Å². The van der Waals surface area contributed by atoms with E-state index in [2.05, 4.69) is 20.9 Å². The van der Waals surface area contributed by atoms with Crippen molar-refractivity contribution < 1.29 is 9.53 Å². The summed E-state index contributed by atoms with van der Waals surface area (Å²) in [6.45, 7) is 2.58. The summed E-state index contributed by atoms with van der Waals surface area (Å²) in [6.07, 6.45) is 2.83. The summed E-state index contributed by atoms with van der Waals surface area (Å²) < 4.78 is 7.12. The average Bonchev–Trinajstić information content (AvgIpc) is 3.13. The maximum atomic E-state index is 12.0. The molecular weight excluding hydrogens is 268 g/mol. The Hall–Kier alpha value is -2.08. The fourth-order valence-electron chi connectivity index (χ4n) is 2.79. The Labute approximate surface area is 123 Å². The topological polar surface area (TPSA) is 59.4 Å². The molecule has 0 bridgehead atoms. The van der Waals surface area contributed by atoms with Gasteiger partial charge in [0.2, 0.25) is 0 Å². The van der Waals surface area contributed by atoms with Crippen molar-refractivity contribution in [3.8, 4) is 0 Å². The van der Waals surface area contributed by atoms with Crippen LogP contribution in [0.25, 0.3) is 11.0 Å². The lowest BCUT2D eigenvalue weighted by molar-refractivity contribution is 0.184. The molecule has 0 saturated carbocycles. The number of hydrogen-bond donors (Lipinski definition) is 1. The minimum absolute atomic E-state index is 0.0148. The Morgan fingerprint density at radius 1 is 1.48 bits per heavy atom.